The summed E-state index contributed by atoms with van der Waals surface area (Å²) in [7, 11) is 0. The standard InChI is InChI=1S/C20H20N2O3/c1-15-12-19(21-10-9-16-6-3-2-4-7-16)18(14-23)20(24)22(15)13-17-8-5-11-25-17/h2-8,11-12,14,21H,9-10,13H2,1H3. The lowest BCUT2D eigenvalue weighted by Gasteiger charge is -2.14. The minimum absolute atomic E-state index is 0.144. The first-order chi connectivity index (χ1) is 12.2. The van der Waals surface area contributed by atoms with E-state index in [0.717, 1.165) is 12.1 Å². The molecule has 1 N–H and O–H groups in total. The molecule has 2 aromatic heterocycles. The number of nitrogens with zero attached hydrogens (tertiary/aromatic N) is 1. The number of aryl methyl sites for hydroxylation is 1. The number of carbonyl (C=O) groups is 1. The Morgan fingerprint density at radius 3 is 2.64 bits per heavy atom. The number of benzene rings is 1. The first-order valence-electron chi connectivity index (χ1n) is 8.19. The third-order valence-corrected chi connectivity index (χ3v) is 4.13. The molecule has 128 valence electrons. The summed E-state index contributed by atoms with van der Waals surface area (Å²) in [5.74, 6) is 0.673. The highest BCUT2D eigenvalue weighted by atomic mass is 16.3. The van der Waals surface area contributed by atoms with E-state index >= 15 is 0 Å². The Balaban J connectivity index is 1.80. The third-order valence-electron chi connectivity index (χ3n) is 4.13. The molecule has 0 atom stereocenters. The van der Waals surface area contributed by atoms with E-state index in [-0.39, 0.29) is 11.1 Å². The minimum atomic E-state index is -0.311. The van der Waals surface area contributed by atoms with E-state index < -0.39 is 0 Å². The molecule has 0 spiro atoms. The highest BCUT2D eigenvalue weighted by Gasteiger charge is 2.13. The van der Waals surface area contributed by atoms with Gasteiger partial charge in [0.2, 0.25) is 0 Å². The number of furan rings is 1. The summed E-state index contributed by atoms with van der Waals surface area (Å²) in [4.78, 5) is 24.1. The Bertz CT molecular complexity index is 897. The van der Waals surface area contributed by atoms with Gasteiger partial charge in [-0.25, -0.2) is 0 Å². The lowest BCUT2D eigenvalue weighted by molar-refractivity contribution is 0.112. The molecular formula is C20H20N2O3. The van der Waals surface area contributed by atoms with Crippen LogP contribution in [0, 0.1) is 6.92 Å². The molecule has 0 amide bonds. The number of hydrogen-bond acceptors (Lipinski definition) is 4. The summed E-state index contributed by atoms with van der Waals surface area (Å²) < 4.78 is 6.85. The Kier molecular flexibility index (Phi) is 5.14. The summed E-state index contributed by atoms with van der Waals surface area (Å²) >= 11 is 0. The Morgan fingerprint density at radius 1 is 1.16 bits per heavy atom. The number of hydrogen-bond donors (Lipinski definition) is 1. The van der Waals surface area contributed by atoms with Gasteiger partial charge in [-0.15, -0.1) is 0 Å². The van der Waals surface area contributed by atoms with Crippen molar-refractivity contribution in [2.45, 2.75) is 19.9 Å². The largest absolute Gasteiger partial charge is 0.467 e. The molecule has 0 aliphatic carbocycles. The van der Waals surface area contributed by atoms with Gasteiger partial charge >= 0.3 is 0 Å². The lowest BCUT2D eigenvalue weighted by Crippen LogP contribution is -2.27. The van der Waals surface area contributed by atoms with Crippen LogP contribution in [-0.2, 0) is 13.0 Å². The van der Waals surface area contributed by atoms with E-state index in [1.807, 2.05) is 31.2 Å². The maximum Gasteiger partial charge on any atom is 0.263 e. The van der Waals surface area contributed by atoms with Crippen LogP contribution in [-0.4, -0.2) is 17.4 Å². The normalized spacial score (nSPS) is 10.6. The van der Waals surface area contributed by atoms with Crippen molar-refractivity contribution in [3.63, 3.8) is 0 Å². The Morgan fingerprint density at radius 2 is 1.96 bits per heavy atom. The molecule has 3 rings (SSSR count). The van der Waals surface area contributed by atoms with E-state index in [4.69, 9.17) is 4.42 Å². The number of aldehydes is 1. The predicted molar refractivity (Wildman–Crippen MR) is 97.3 cm³/mol. The van der Waals surface area contributed by atoms with Crippen LogP contribution in [0.3, 0.4) is 0 Å². The number of rotatable bonds is 7. The maximum absolute atomic E-state index is 12.7. The van der Waals surface area contributed by atoms with Gasteiger partial charge in [0.25, 0.3) is 5.56 Å². The number of pyridine rings is 1. The SMILES string of the molecule is Cc1cc(NCCc2ccccc2)c(C=O)c(=O)n1Cc1ccco1. The molecule has 0 unspecified atom stereocenters. The zero-order valence-corrected chi connectivity index (χ0v) is 14.1. The number of nitrogens with one attached hydrogen (secondary N) is 1. The number of carbonyl (C=O) groups excluding carboxylic acids is 1. The molecule has 0 aliphatic rings. The van der Waals surface area contributed by atoms with Gasteiger partial charge in [0.05, 0.1) is 18.5 Å². The maximum atomic E-state index is 12.7. The molecule has 0 saturated carbocycles. The van der Waals surface area contributed by atoms with Gasteiger partial charge in [0.1, 0.15) is 11.3 Å². The smallest absolute Gasteiger partial charge is 0.263 e. The summed E-state index contributed by atoms with van der Waals surface area (Å²) in [6.45, 7) is 2.80. The van der Waals surface area contributed by atoms with E-state index in [9.17, 15) is 9.59 Å². The van der Waals surface area contributed by atoms with Crippen LogP contribution in [0.2, 0.25) is 0 Å². The fraction of sp³-hybridized carbons (Fsp3) is 0.200. The molecule has 0 radical (unpaired) electrons. The van der Waals surface area contributed by atoms with Crippen molar-refractivity contribution in [1.82, 2.24) is 4.57 Å². The molecule has 2 heterocycles. The lowest BCUT2D eigenvalue weighted by atomic mass is 10.1. The van der Waals surface area contributed by atoms with E-state index in [1.165, 1.54) is 5.56 Å². The molecule has 0 fully saturated rings. The van der Waals surface area contributed by atoms with Crippen molar-refractivity contribution in [2.24, 2.45) is 0 Å². The zero-order chi connectivity index (χ0) is 17.6. The van der Waals surface area contributed by atoms with Gasteiger partial charge in [0, 0.05) is 12.2 Å². The number of aromatic nitrogens is 1. The van der Waals surface area contributed by atoms with Gasteiger partial charge in [-0.3, -0.25) is 9.59 Å². The fourth-order valence-corrected chi connectivity index (χ4v) is 2.79. The molecule has 0 bridgehead atoms. The van der Waals surface area contributed by atoms with Crippen molar-refractivity contribution < 1.29 is 9.21 Å². The van der Waals surface area contributed by atoms with Crippen molar-refractivity contribution in [1.29, 1.82) is 0 Å². The highest BCUT2D eigenvalue weighted by Crippen LogP contribution is 2.14. The van der Waals surface area contributed by atoms with Crippen molar-refractivity contribution >= 4 is 12.0 Å². The second-order valence-electron chi connectivity index (χ2n) is 5.86. The molecule has 0 saturated heterocycles. The van der Waals surface area contributed by atoms with Crippen LogP contribution in [0.15, 0.2) is 64.0 Å². The first kappa shape index (κ1) is 16.8. The topological polar surface area (TPSA) is 64.2 Å². The zero-order valence-electron chi connectivity index (χ0n) is 14.1. The number of anilines is 1. The van der Waals surface area contributed by atoms with Crippen LogP contribution < -0.4 is 10.9 Å². The van der Waals surface area contributed by atoms with Gasteiger partial charge in [-0.05, 0) is 37.1 Å². The van der Waals surface area contributed by atoms with Crippen molar-refractivity contribution in [3.8, 4) is 0 Å². The van der Waals surface area contributed by atoms with Crippen LogP contribution in [0.1, 0.15) is 27.4 Å². The average molecular weight is 336 g/mol. The fourth-order valence-electron chi connectivity index (χ4n) is 2.79. The molecule has 5 nitrogen and oxygen atoms in total. The summed E-state index contributed by atoms with van der Waals surface area (Å²) in [6, 6.07) is 15.5. The first-order valence-corrected chi connectivity index (χ1v) is 8.19. The molecular weight excluding hydrogens is 316 g/mol. The Labute approximate surface area is 145 Å². The van der Waals surface area contributed by atoms with E-state index in [1.54, 1.807) is 23.0 Å². The summed E-state index contributed by atoms with van der Waals surface area (Å²) in [5, 5.41) is 3.21. The molecule has 0 aliphatic heterocycles. The van der Waals surface area contributed by atoms with Crippen LogP contribution in [0.5, 0.6) is 0 Å². The highest BCUT2D eigenvalue weighted by molar-refractivity contribution is 5.83. The molecule has 5 heteroatoms. The summed E-state index contributed by atoms with van der Waals surface area (Å²) in [5.41, 5.74) is 2.38. The molecule has 25 heavy (non-hydrogen) atoms. The molecule has 3 aromatic rings. The van der Waals surface area contributed by atoms with Gasteiger partial charge in [-0.2, -0.15) is 0 Å². The van der Waals surface area contributed by atoms with Crippen LogP contribution in [0.4, 0.5) is 5.69 Å². The predicted octanol–water partition coefficient (Wildman–Crippen LogP) is 3.27. The van der Waals surface area contributed by atoms with Gasteiger partial charge in [0.15, 0.2) is 6.29 Å². The summed E-state index contributed by atoms with van der Waals surface area (Å²) in [6.07, 6.45) is 2.99. The van der Waals surface area contributed by atoms with Crippen molar-refractivity contribution in [3.05, 3.63) is 87.7 Å². The van der Waals surface area contributed by atoms with E-state index in [2.05, 4.69) is 17.4 Å². The van der Waals surface area contributed by atoms with Crippen LogP contribution >= 0.6 is 0 Å². The van der Waals surface area contributed by atoms with Crippen LogP contribution in [0.25, 0.3) is 0 Å². The van der Waals surface area contributed by atoms with Gasteiger partial charge < -0.3 is 14.3 Å². The minimum Gasteiger partial charge on any atom is -0.467 e. The monoisotopic (exact) mass is 336 g/mol. The second-order valence-corrected chi connectivity index (χ2v) is 5.86. The molecule has 1 aromatic carbocycles. The average Bonchev–Trinajstić information content (AvgIpc) is 3.13. The quantitative estimate of drug-likeness (QED) is 0.673. The second kappa shape index (κ2) is 7.66. The Hall–Kier alpha value is -3.08. The van der Waals surface area contributed by atoms with Gasteiger partial charge in [-0.1, -0.05) is 30.3 Å². The third kappa shape index (κ3) is 3.88. The van der Waals surface area contributed by atoms with Crippen molar-refractivity contribution in [2.75, 3.05) is 11.9 Å². The van der Waals surface area contributed by atoms with E-state index in [0.29, 0.717) is 30.8 Å².